The molecule has 1 heterocycles. The minimum Gasteiger partial charge on any atom is -0.436 e. The van der Waals surface area contributed by atoms with Gasteiger partial charge in [0.05, 0.1) is 10.6 Å². The number of fused-ring (bicyclic) bond motifs is 1. The molecular weight excluding hydrogens is 407 g/mol. The molecule has 1 N–H and O–H groups in total. The summed E-state index contributed by atoms with van der Waals surface area (Å²) in [4.78, 5) is 17.3. The normalized spacial score (nSPS) is 11.1. The molecule has 3 aromatic carbocycles. The van der Waals surface area contributed by atoms with Crippen molar-refractivity contribution in [2.45, 2.75) is 20.8 Å². The highest BCUT2D eigenvalue weighted by atomic mass is 35.5. The lowest BCUT2D eigenvalue weighted by Crippen LogP contribution is -2.13. The molecule has 0 saturated heterocycles. The molecular formula is C23H18Cl2N2O2. The number of aryl methyl sites for hydroxylation is 2. The first-order chi connectivity index (χ1) is 13.8. The predicted octanol–water partition coefficient (Wildman–Crippen LogP) is 6.98. The second kappa shape index (κ2) is 7.54. The molecule has 146 valence electrons. The fourth-order valence-corrected chi connectivity index (χ4v) is 3.85. The molecule has 0 atom stereocenters. The maximum Gasteiger partial charge on any atom is 0.257 e. The van der Waals surface area contributed by atoms with E-state index in [1.165, 1.54) is 0 Å². The number of halogens is 2. The summed E-state index contributed by atoms with van der Waals surface area (Å²) in [7, 11) is 0. The highest BCUT2D eigenvalue weighted by Crippen LogP contribution is 2.32. The lowest BCUT2D eigenvalue weighted by atomic mass is 10.1. The fraction of sp³-hybridized carbons (Fsp3) is 0.130. The van der Waals surface area contributed by atoms with E-state index in [0.717, 1.165) is 33.4 Å². The van der Waals surface area contributed by atoms with Crippen LogP contribution in [0.1, 0.15) is 27.0 Å². The molecule has 29 heavy (non-hydrogen) atoms. The average Bonchev–Trinajstić information content (AvgIpc) is 3.07. The van der Waals surface area contributed by atoms with Gasteiger partial charge in [-0.1, -0.05) is 35.3 Å². The molecule has 4 aromatic rings. The average molecular weight is 425 g/mol. The van der Waals surface area contributed by atoms with E-state index in [1.54, 1.807) is 18.2 Å². The van der Waals surface area contributed by atoms with Crippen molar-refractivity contribution in [1.82, 2.24) is 4.98 Å². The van der Waals surface area contributed by atoms with Gasteiger partial charge < -0.3 is 9.73 Å². The van der Waals surface area contributed by atoms with Crippen LogP contribution >= 0.6 is 23.2 Å². The fourth-order valence-electron chi connectivity index (χ4n) is 3.36. The summed E-state index contributed by atoms with van der Waals surface area (Å²) >= 11 is 12.1. The number of amides is 1. The molecule has 0 aliphatic heterocycles. The minimum absolute atomic E-state index is 0.300. The van der Waals surface area contributed by atoms with Crippen molar-refractivity contribution in [3.8, 4) is 11.5 Å². The van der Waals surface area contributed by atoms with E-state index < -0.39 is 0 Å². The van der Waals surface area contributed by atoms with Crippen LogP contribution in [0.25, 0.3) is 22.6 Å². The molecule has 0 bridgehead atoms. The SMILES string of the molecule is Cc1cc(C)c2oc(-c3cccc(NC(=O)c4ccc(Cl)cc4Cl)c3C)nc2c1. The molecule has 1 amide bonds. The molecule has 6 heteroatoms. The van der Waals surface area contributed by atoms with Crippen molar-refractivity contribution in [3.63, 3.8) is 0 Å². The third-order valence-electron chi connectivity index (χ3n) is 4.81. The third-order valence-corrected chi connectivity index (χ3v) is 5.36. The van der Waals surface area contributed by atoms with Crippen molar-refractivity contribution in [3.05, 3.63) is 80.8 Å². The lowest BCUT2D eigenvalue weighted by molar-refractivity contribution is 0.102. The van der Waals surface area contributed by atoms with E-state index in [0.29, 0.717) is 27.2 Å². The van der Waals surface area contributed by atoms with E-state index in [1.807, 2.05) is 45.0 Å². The van der Waals surface area contributed by atoms with Crippen molar-refractivity contribution >= 4 is 45.9 Å². The van der Waals surface area contributed by atoms with Gasteiger partial charge in [-0.05, 0) is 73.9 Å². The van der Waals surface area contributed by atoms with Gasteiger partial charge in [0, 0.05) is 16.3 Å². The number of oxazole rings is 1. The van der Waals surface area contributed by atoms with Crippen LogP contribution in [0.5, 0.6) is 0 Å². The van der Waals surface area contributed by atoms with Gasteiger partial charge in [-0.15, -0.1) is 0 Å². The lowest BCUT2D eigenvalue weighted by Gasteiger charge is -2.11. The number of rotatable bonds is 3. The second-order valence-corrected chi connectivity index (χ2v) is 7.85. The van der Waals surface area contributed by atoms with Crippen molar-refractivity contribution < 1.29 is 9.21 Å². The Kier molecular flexibility index (Phi) is 5.07. The maximum absolute atomic E-state index is 12.7. The summed E-state index contributed by atoms with van der Waals surface area (Å²) in [6, 6.07) is 14.5. The topological polar surface area (TPSA) is 55.1 Å². The van der Waals surface area contributed by atoms with Gasteiger partial charge in [0.1, 0.15) is 5.52 Å². The first kappa shape index (κ1) is 19.5. The highest BCUT2D eigenvalue weighted by Gasteiger charge is 2.17. The van der Waals surface area contributed by atoms with E-state index in [9.17, 15) is 4.79 Å². The predicted molar refractivity (Wildman–Crippen MR) is 118 cm³/mol. The summed E-state index contributed by atoms with van der Waals surface area (Å²) < 4.78 is 6.04. The summed E-state index contributed by atoms with van der Waals surface area (Å²) in [5, 5.41) is 3.69. The Labute approximate surface area is 178 Å². The van der Waals surface area contributed by atoms with Crippen LogP contribution < -0.4 is 5.32 Å². The Morgan fingerprint density at radius 1 is 1.03 bits per heavy atom. The largest absolute Gasteiger partial charge is 0.436 e. The Morgan fingerprint density at radius 2 is 1.83 bits per heavy atom. The van der Waals surface area contributed by atoms with Crippen LogP contribution in [0.4, 0.5) is 5.69 Å². The number of hydrogen-bond acceptors (Lipinski definition) is 3. The molecule has 1 aromatic heterocycles. The Bertz CT molecular complexity index is 1260. The van der Waals surface area contributed by atoms with Crippen LogP contribution in [-0.4, -0.2) is 10.9 Å². The Morgan fingerprint density at radius 3 is 2.59 bits per heavy atom. The number of aromatic nitrogens is 1. The van der Waals surface area contributed by atoms with Crippen LogP contribution in [0.15, 0.2) is 52.9 Å². The van der Waals surface area contributed by atoms with Crippen LogP contribution in [0.3, 0.4) is 0 Å². The summed E-state index contributed by atoms with van der Waals surface area (Å²) in [6.07, 6.45) is 0. The van der Waals surface area contributed by atoms with Crippen LogP contribution in [0, 0.1) is 20.8 Å². The van der Waals surface area contributed by atoms with Gasteiger partial charge in [-0.25, -0.2) is 4.98 Å². The Hall–Kier alpha value is -2.82. The number of benzene rings is 3. The number of anilines is 1. The molecule has 0 radical (unpaired) electrons. The molecule has 0 unspecified atom stereocenters. The van der Waals surface area contributed by atoms with E-state index in [-0.39, 0.29) is 5.91 Å². The minimum atomic E-state index is -0.309. The molecule has 0 spiro atoms. The first-order valence-corrected chi connectivity index (χ1v) is 9.83. The zero-order chi connectivity index (χ0) is 20.7. The molecule has 0 aliphatic carbocycles. The molecule has 0 saturated carbocycles. The monoisotopic (exact) mass is 424 g/mol. The Balaban J connectivity index is 1.71. The van der Waals surface area contributed by atoms with Crippen molar-refractivity contribution in [1.29, 1.82) is 0 Å². The number of nitrogens with one attached hydrogen (secondary N) is 1. The van der Waals surface area contributed by atoms with Gasteiger partial charge in [-0.2, -0.15) is 0 Å². The molecule has 4 nitrogen and oxygen atoms in total. The van der Waals surface area contributed by atoms with Crippen LogP contribution in [0.2, 0.25) is 10.0 Å². The molecule has 4 rings (SSSR count). The molecule has 0 fully saturated rings. The third kappa shape index (κ3) is 3.74. The standard InChI is InChI=1S/C23H18Cl2N2O2/c1-12-9-13(2)21-20(10-12)27-23(29-21)16-5-4-6-19(14(16)3)26-22(28)17-8-7-15(24)11-18(17)25/h4-11H,1-3H3,(H,26,28). The van der Waals surface area contributed by atoms with Gasteiger partial charge >= 0.3 is 0 Å². The zero-order valence-electron chi connectivity index (χ0n) is 16.1. The summed E-state index contributed by atoms with van der Waals surface area (Å²) in [5.41, 5.74) is 6.45. The van der Waals surface area contributed by atoms with Gasteiger partial charge in [-0.3, -0.25) is 4.79 Å². The number of nitrogens with zero attached hydrogens (tertiary/aromatic N) is 1. The van der Waals surface area contributed by atoms with Gasteiger partial charge in [0.25, 0.3) is 5.91 Å². The summed E-state index contributed by atoms with van der Waals surface area (Å²) in [6.45, 7) is 5.95. The zero-order valence-corrected chi connectivity index (χ0v) is 17.7. The highest BCUT2D eigenvalue weighted by molar-refractivity contribution is 6.37. The maximum atomic E-state index is 12.7. The number of hydrogen-bond donors (Lipinski definition) is 1. The van der Waals surface area contributed by atoms with Gasteiger partial charge in [0.15, 0.2) is 5.58 Å². The number of carbonyl (C=O) groups is 1. The van der Waals surface area contributed by atoms with Gasteiger partial charge in [0.2, 0.25) is 5.89 Å². The van der Waals surface area contributed by atoms with Crippen molar-refractivity contribution in [2.75, 3.05) is 5.32 Å². The molecule has 0 aliphatic rings. The number of carbonyl (C=O) groups excluding carboxylic acids is 1. The van der Waals surface area contributed by atoms with Crippen LogP contribution in [-0.2, 0) is 0 Å². The van der Waals surface area contributed by atoms with E-state index in [4.69, 9.17) is 27.6 Å². The van der Waals surface area contributed by atoms with E-state index >= 15 is 0 Å². The summed E-state index contributed by atoms with van der Waals surface area (Å²) in [5.74, 6) is 0.211. The first-order valence-electron chi connectivity index (χ1n) is 9.07. The smallest absolute Gasteiger partial charge is 0.257 e. The van der Waals surface area contributed by atoms with E-state index in [2.05, 4.69) is 16.4 Å². The quantitative estimate of drug-likeness (QED) is 0.385. The second-order valence-electron chi connectivity index (χ2n) is 7.01. The van der Waals surface area contributed by atoms with Crippen molar-refractivity contribution in [2.24, 2.45) is 0 Å².